The molecule has 0 bridgehead atoms. The zero-order valence-corrected chi connectivity index (χ0v) is 25.4. The van der Waals surface area contributed by atoms with Gasteiger partial charge in [0.05, 0.1) is 24.2 Å². The van der Waals surface area contributed by atoms with Gasteiger partial charge in [0, 0.05) is 29.0 Å². The second-order valence-electron chi connectivity index (χ2n) is 10.00. The molecule has 220 valence electrons. The van der Waals surface area contributed by atoms with E-state index in [1.165, 1.54) is 17.5 Å². The summed E-state index contributed by atoms with van der Waals surface area (Å²) in [7, 11) is -2.67. The van der Waals surface area contributed by atoms with Crippen LogP contribution in [0.1, 0.15) is 29.6 Å². The van der Waals surface area contributed by atoms with Gasteiger partial charge < -0.3 is 14.1 Å². The Kier molecular flexibility index (Phi) is 8.68. The van der Waals surface area contributed by atoms with Crippen molar-refractivity contribution in [3.8, 4) is 0 Å². The molecule has 4 aromatic rings. The van der Waals surface area contributed by atoms with Crippen LogP contribution in [0.15, 0.2) is 117 Å². The number of Topliss-reactive ketones (excluding diaryl/α,β-unsaturated/α-hetero) is 1. The van der Waals surface area contributed by atoms with Gasteiger partial charge in [-0.2, -0.15) is 4.31 Å². The van der Waals surface area contributed by atoms with E-state index in [-0.39, 0.29) is 29.3 Å². The molecule has 2 heterocycles. The van der Waals surface area contributed by atoms with Gasteiger partial charge in [0.25, 0.3) is 0 Å². The standard InChI is InChI=1S/C33H29ClN2O6S/c1-22-9-17-29(18-10-22)43(39,40)35(20-24-7-5-4-6-8-24)21-28-16-15-27(42-28)19-30-32(37)31(33(38)41-3)23(2)36(30)26-13-11-25(34)12-14-26/h4-19H,20-21H2,1-3H3/b30-19+. The number of carbonyl (C=O) groups excluding carboxylic acids is 2. The summed E-state index contributed by atoms with van der Waals surface area (Å²) in [6, 6.07) is 26.2. The van der Waals surface area contributed by atoms with E-state index in [4.69, 9.17) is 20.8 Å². The van der Waals surface area contributed by atoms with Crippen LogP contribution < -0.4 is 4.90 Å². The van der Waals surface area contributed by atoms with Gasteiger partial charge in [0.2, 0.25) is 15.8 Å². The fourth-order valence-electron chi connectivity index (χ4n) is 4.82. The molecule has 0 aliphatic carbocycles. The maximum atomic E-state index is 13.7. The molecule has 1 aromatic heterocycles. The molecule has 0 saturated heterocycles. The van der Waals surface area contributed by atoms with Crippen molar-refractivity contribution in [2.45, 2.75) is 31.8 Å². The van der Waals surface area contributed by atoms with Gasteiger partial charge in [0.15, 0.2) is 0 Å². The van der Waals surface area contributed by atoms with Gasteiger partial charge in [-0.1, -0.05) is 59.6 Å². The summed E-state index contributed by atoms with van der Waals surface area (Å²) in [6.07, 6.45) is 1.52. The Morgan fingerprint density at radius 3 is 2.26 bits per heavy atom. The van der Waals surface area contributed by atoms with Crippen molar-refractivity contribution in [3.63, 3.8) is 0 Å². The number of hydrogen-bond acceptors (Lipinski definition) is 7. The zero-order valence-electron chi connectivity index (χ0n) is 23.8. The van der Waals surface area contributed by atoms with Gasteiger partial charge in [-0.25, -0.2) is 13.2 Å². The fraction of sp³-hybridized carbons (Fsp3) is 0.152. The summed E-state index contributed by atoms with van der Waals surface area (Å²) in [6.45, 7) is 3.63. The molecule has 43 heavy (non-hydrogen) atoms. The number of anilines is 1. The SMILES string of the molecule is COC(=O)C1=C(C)N(c2ccc(Cl)cc2)/C(=C/c2ccc(CN(Cc3ccccc3)S(=O)(=O)c3ccc(C)cc3)o2)C1=O. The van der Waals surface area contributed by atoms with Crippen LogP contribution in [0.25, 0.3) is 6.08 Å². The molecule has 0 atom stereocenters. The van der Waals surface area contributed by atoms with E-state index in [1.807, 2.05) is 37.3 Å². The van der Waals surface area contributed by atoms with Crippen molar-refractivity contribution in [1.29, 1.82) is 0 Å². The predicted octanol–water partition coefficient (Wildman–Crippen LogP) is 6.51. The summed E-state index contributed by atoms with van der Waals surface area (Å²) in [5.41, 5.74) is 2.87. The van der Waals surface area contributed by atoms with Gasteiger partial charge in [0.1, 0.15) is 17.1 Å². The highest BCUT2D eigenvalue weighted by atomic mass is 35.5. The lowest BCUT2D eigenvalue weighted by molar-refractivity contribution is -0.137. The fourth-order valence-corrected chi connectivity index (χ4v) is 6.34. The van der Waals surface area contributed by atoms with E-state index >= 15 is 0 Å². The highest BCUT2D eigenvalue weighted by molar-refractivity contribution is 7.89. The van der Waals surface area contributed by atoms with Crippen LogP contribution in [0, 0.1) is 6.92 Å². The number of nitrogens with zero attached hydrogens (tertiary/aromatic N) is 2. The van der Waals surface area contributed by atoms with E-state index < -0.39 is 21.8 Å². The largest absolute Gasteiger partial charge is 0.465 e. The Balaban J connectivity index is 1.49. The Morgan fingerprint density at radius 1 is 0.930 bits per heavy atom. The quantitative estimate of drug-likeness (QED) is 0.120. The summed E-state index contributed by atoms with van der Waals surface area (Å²) in [5.74, 6) is -0.587. The lowest BCUT2D eigenvalue weighted by Crippen LogP contribution is -2.30. The van der Waals surface area contributed by atoms with Crippen LogP contribution >= 0.6 is 11.6 Å². The van der Waals surface area contributed by atoms with E-state index in [1.54, 1.807) is 72.5 Å². The first-order chi connectivity index (χ1) is 20.6. The maximum absolute atomic E-state index is 13.7. The van der Waals surface area contributed by atoms with Crippen molar-refractivity contribution < 1.29 is 27.2 Å². The van der Waals surface area contributed by atoms with E-state index in [2.05, 4.69) is 0 Å². The van der Waals surface area contributed by atoms with E-state index in [0.29, 0.717) is 27.9 Å². The average molecular weight is 617 g/mol. The second-order valence-corrected chi connectivity index (χ2v) is 12.4. The van der Waals surface area contributed by atoms with Gasteiger partial charge in [-0.15, -0.1) is 0 Å². The Hall–Kier alpha value is -4.44. The highest BCUT2D eigenvalue weighted by Crippen LogP contribution is 2.36. The van der Waals surface area contributed by atoms with Crippen LogP contribution in [0.5, 0.6) is 0 Å². The molecule has 3 aromatic carbocycles. The van der Waals surface area contributed by atoms with Crippen LogP contribution in [0.4, 0.5) is 5.69 Å². The Morgan fingerprint density at radius 2 is 1.60 bits per heavy atom. The molecule has 8 nitrogen and oxygen atoms in total. The number of rotatable bonds is 9. The first-order valence-corrected chi connectivity index (χ1v) is 15.2. The number of ketones is 1. The summed E-state index contributed by atoms with van der Waals surface area (Å²) >= 11 is 6.08. The van der Waals surface area contributed by atoms with Crippen molar-refractivity contribution in [2.24, 2.45) is 0 Å². The molecule has 1 aliphatic heterocycles. The molecule has 0 N–H and O–H groups in total. The number of methoxy groups -OCH3 is 1. The minimum Gasteiger partial charge on any atom is -0.465 e. The third-order valence-corrected chi connectivity index (χ3v) is 9.08. The number of hydrogen-bond donors (Lipinski definition) is 0. The molecule has 1 aliphatic rings. The third kappa shape index (κ3) is 6.34. The lowest BCUT2D eigenvalue weighted by atomic mass is 10.1. The number of ether oxygens (including phenoxy) is 1. The monoisotopic (exact) mass is 616 g/mol. The Bertz CT molecular complexity index is 1830. The smallest absolute Gasteiger partial charge is 0.343 e. The zero-order chi connectivity index (χ0) is 30.7. The van der Waals surface area contributed by atoms with E-state index in [9.17, 15) is 18.0 Å². The van der Waals surface area contributed by atoms with Gasteiger partial charge in [-0.3, -0.25) is 4.79 Å². The van der Waals surface area contributed by atoms with Crippen LogP contribution in [0.2, 0.25) is 5.02 Å². The minimum absolute atomic E-state index is 0.0478. The van der Waals surface area contributed by atoms with Crippen molar-refractivity contribution in [2.75, 3.05) is 12.0 Å². The number of aryl methyl sites for hydroxylation is 1. The lowest BCUT2D eigenvalue weighted by Gasteiger charge is -2.22. The summed E-state index contributed by atoms with van der Waals surface area (Å²) in [5, 5.41) is 0.519. The number of halogens is 1. The number of carbonyl (C=O) groups is 2. The van der Waals surface area contributed by atoms with Crippen molar-refractivity contribution in [1.82, 2.24) is 4.31 Å². The number of allylic oxidation sites excluding steroid dienone is 2. The first-order valence-electron chi connectivity index (χ1n) is 13.4. The minimum atomic E-state index is -3.88. The molecule has 0 amide bonds. The molecule has 0 spiro atoms. The summed E-state index contributed by atoms with van der Waals surface area (Å²) < 4.78 is 39.7. The molecule has 5 rings (SSSR count). The Labute approximate surface area is 255 Å². The van der Waals surface area contributed by atoms with Crippen molar-refractivity contribution >= 4 is 45.1 Å². The number of sulfonamides is 1. The number of esters is 1. The van der Waals surface area contributed by atoms with Crippen LogP contribution in [-0.2, 0) is 37.4 Å². The van der Waals surface area contributed by atoms with Crippen molar-refractivity contribution in [3.05, 3.63) is 136 Å². The maximum Gasteiger partial charge on any atom is 0.343 e. The number of furan rings is 1. The normalized spacial score (nSPS) is 14.7. The highest BCUT2D eigenvalue weighted by Gasteiger charge is 2.38. The molecular weight excluding hydrogens is 588 g/mol. The van der Waals surface area contributed by atoms with Crippen LogP contribution in [-0.4, -0.2) is 31.6 Å². The van der Waals surface area contributed by atoms with E-state index in [0.717, 1.165) is 11.1 Å². The predicted molar refractivity (Wildman–Crippen MR) is 164 cm³/mol. The number of benzene rings is 3. The molecule has 0 radical (unpaired) electrons. The first kappa shape index (κ1) is 30.0. The molecular formula is C33H29ClN2O6S. The molecule has 0 fully saturated rings. The second kappa shape index (κ2) is 12.4. The van der Waals surface area contributed by atoms with Gasteiger partial charge >= 0.3 is 5.97 Å². The van der Waals surface area contributed by atoms with Gasteiger partial charge in [-0.05, 0) is 67.9 Å². The molecule has 10 heteroatoms. The van der Waals surface area contributed by atoms with Crippen LogP contribution in [0.3, 0.4) is 0 Å². The molecule has 0 unspecified atom stereocenters. The average Bonchev–Trinajstić information content (AvgIpc) is 3.54. The topological polar surface area (TPSA) is 97.1 Å². The summed E-state index contributed by atoms with van der Waals surface area (Å²) in [4.78, 5) is 27.8. The third-order valence-electron chi connectivity index (χ3n) is 7.03. The molecule has 0 saturated carbocycles.